The van der Waals surface area contributed by atoms with E-state index in [-0.39, 0.29) is 11.9 Å². The van der Waals surface area contributed by atoms with E-state index >= 15 is 0 Å². The van der Waals surface area contributed by atoms with E-state index in [4.69, 9.17) is 4.74 Å². The molecule has 15 heavy (non-hydrogen) atoms. The van der Waals surface area contributed by atoms with Gasteiger partial charge < -0.3 is 4.74 Å². The van der Waals surface area contributed by atoms with Gasteiger partial charge in [0.1, 0.15) is 0 Å². The van der Waals surface area contributed by atoms with Crippen molar-refractivity contribution < 1.29 is 9.53 Å². The second kappa shape index (κ2) is 5.35. The highest BCUT2D eigenvalue weighted by Gasteiger charge is 2.18. The fraction of sp³-hybridized carbons (Fsp3) is 0.308. The SMILES string of the molecule is C=C(c1ccccc1)[C@@H](C)C(=O)OCC. The van der Waals surface area contributed by atoms with Gasteiger partial charge in [-0.15, -0.1) is 0 Å². The third-order valence-corrected chi connectivity index (χ3v) is 2.31. The Morgan fingerprint density at radius 2 is 2.00 bits per heavy atom. The maximum absolute atomic E-state index is 11.5. The maximum atomic E-state index is 11.5. The van der Waals surface area contributed by atoms with Gasteiger partial charge in [0, 0.05) is 0 Å². The summed E-state index contributed by atoms with van der Waals surface area (Å²) in [7, 11) is 0. The molecule has 80 valence electrons. The minimum atomic E-state index is -0.285. The molecule has 0 aromatic heterocycles. The normalized spacial score (nSPS) is 11.9. The maximum Gasteiger partial charge on any atom is 0.313 e. The molecule has 0 N–H and O–H groups in total. The summed E-state index contributed by atoms with van der Waals surface area (Å²) in [5.74, 6) is -0.501. The molecule has 2 nitrogen and oxygen atoms in total. The zero-order valence-electron chi connectivity index (χ0n) is 9.19. The highest BCUT2D eigenvalue weighted by atomic mass is 16.5. The Balaban J connectivity index is 2.73. The van der Waals surface area contributed by atoms with Crippen LogP contribution in [0.25, 0.3) is 5.57 Å². The Bertz CT molecular complexity index is 341. The predicted molar refractivity (Wildman–Crippen MR) is 61.3 cm³/mol. The molecule has 0 bridgehead atoms. The first-order valence-electron chi connectivity index (χ1n) is 5.07. The van der Waals surface area contributed by atoms with E-state index in [2.05, 4.69) is 6.58 Å². The smallest absolute Gasteiger partial charge is 0.313 e. The van der Waals surface area contributed by atoms with E-state index in [1.54, 1.807) is 6.92 Å². The molecule has 0 saturated heterocycles. The summed E-state index contributed by atoms with van der Waals surface area (Å²) in [5.41, 5.74) is 1.78. The first-order valence-corrected chi connectivity index (χ1v) is 5.07. The molecular weight excluding hydrogens is 188 g/mol. The lowest BCUT2D eigenvalue weighted by molar-refractivity contribution is -0.145. The molecule has 0 amide bonds. The summed E-state index contributed by atoms with van der Waals surface area (Å²) in [5, 5.41) is 0. The van der Waals surface area contributed by atoms with Crippen LogP contribution in [0.1, 0.15) is 19.4 Å². The van der Waals surface area contributed by atoms with Crippen molar-refractivity contribution in [1.29, 1.82) is 0 Å². The molecule has 0 aliphatic carbocycles. The van der Waals surface area contributed by atoms with Gasteiger partial charge in [-0.1, -0.05) is 36.9 Å². The predicted octanol–water partition coefficient (Wildman–Crippen LogP) is 2.90. The lowest BCUT2D eigenvalue weighted by Crippen LogP contribution is -2.15. The average Bonchev–Trinajstić information content (AvgIpc) is 2.28. The van der Waals surface area contributed by atoms with Gasteiger partial charge in [-0.2, -0.15) is 0 Å². The van der Waals surface area contributed by atoms with Crippen LogP contribution in [0.3, 0.4) is 0 Å². The van der Waals surface area contributed by atoms with E-state index in [1.165, 1.54) is 0 Å². The zero-order valence-corrected chi connectivity index (χ0v) is 9.19. The van der Waals surface area contributed by atoms with Crippen LogP contribution in [0.2, 0.25) is 0 Å². The van der Waals surface area contributed by atoms with Gasteiger partial charge in [0.2, 0.25) is 0 Å². The van der Waals surface area contributed by atoms with Crippen LogP contribution in [-0.4, -0.2) is 12.6 Å². The molecule has 0 fully saturated rings. The van der Waals surface area contributed by atoms with Crippen LogP contribution in [0, 0.1) is 5.92 Å². The van der Waals surface area contributed by atoms with Gasteiger partial charge in [0.05, 0.1) is 12.5 Å². The number of carbonyl (C=O) groups is 1. The highest BCUT2D eigenvalue weighted by Crippen LogP contribution is 2.21. The first kappa shape index (κ1) is 11.5. The van der Waals surface area contributed by atoms with Crippen molar-refractivity contribution in [3.8, 4) is 0 Å². The third kappa shape index (κ3) is 2.94. The van der Waals surface area contributed by atoms with Crippen LogP contribution in [0.15, 0.2) is 36.9 Å². The summed E-state index contributed by atoms with van der Waals surface area (Å²) in [6.07, 6.45) is 0. The van der Waals surface area contributed by atoms with Gasteiger partial charge in [-0.05, 0) is 25.0 Å². The molecular formula is C13H16O2. The molecule has 0 radical (unpaired) electrons. The fourth-order valence-electron chi connectivity index (χ4n) is 1.31. The van der Waals surface area contributed by atoms with E-state index < -0.39 is 0 Å². The fourth-order valence-corrected chi connectivity index (χ4v) is 1.31. The topological polar surface area (TPSA) is 26.3 Å². The first-order chi connectivity index (χ1) is 7.16. The number of carbonyl (C=O) groups excluding carboxylic acids is 1. The van der Waals surface area contributed by atoms with Gasteiger partial charge in [0.25, 0.3) is 0 Å². The van der Waals surface area contributed by atoms with Crippen LogP contribution >= 0.6 is 0 Å². The summed E-state index contributed by atoms with van der Waals surface area (Å²) < 4.78 is 4.95. The Labute approximate surface area is 90.6 Å². The van der Waals surface area contributed by atoms with Crippen molar-refractivity contribution in [1.82, 2.24) is 0 Å². The molecule has 1 rings (SSSR count). The molecule has 0 spiro atoms. The van der Waals surface area contributed by atoms with Gasteiger partial charge >= 0.3 is 5.97 Å². The lowest BCUT2D eigenvalue weighted by Gasteiger charge is -2.13. The van der Waals surface area contributed by atoms with Crippen LogP contribution in [0.5, 0.6) is 0 Å². The van der Waals surface area contributed by atoms with Crippen LogP contribution in [-0.2, 0) is 9.53 Å². The Hall–Kier alpha value is -1.57. The molecule has 0 aliphatic heterocycles. The summed E-state index contributed by atoms with van der Waals surface area (Å²) in [6.45, 7) is 7.95. The molecule has 0 heterocycles. The Morgan fingerprint density at radius 1 is 1.40 bits per heavy atom. The average molecular weight is 204 g/mol. The Kier molecular flexibility index (Phi) is 4.10. The molecule has 1 aromatic rings. The van der Waals surface area contributed by atoms with Crippen molar-refractivity contribution in [2.75, 3.05) is 6.61 Å². The molecule has 0 aliphatic rings. The van der Waals surface area contributed by atoms with Crippen molar-refractivity contribution >= 4 is 11.5 Å². The zero-order chi connectivity index (χ0) is 11.3. The largest absolute Gasteiger partial charge is 0.466 e. The lowest BCUT2D eigenvalue weighted by atomic mass is 9.96. The minimum absolute atomic E-state index is 0.216. The van der Waals surface area contributed by atoms with Crippen molar-refractivity contribution in [2.45, 2.75) is 13.8 Å². The van der Waals surface area contributed by atoms with Crippen molar-refractivity contribution in [2.24, 2.45) is 5.92 Å². The second-order valence-corrected chi connectivity index (χ2v) is 3.36. The molecule has 0 saturated carbocycles. The molecule has 2 heteroatoms. The number of esters is 1. The summed E-state index contributed by atoms with van der Waals surface area (Å²) in [4.78, 5) is 11.5. The number of benzene rings is 1. The van der Waals surface area contributed by atoms with Crippen molar-refractivity contribution in [3.05, 3.63) is 42.5 Å². The molecule has 0 unspecified atom stereocenters. The van der Waals surface area contributed by atoms with Gasteiger partial charge in [-0.3, -0.25) is 4.79 Å². The van der Waals surface area contributed by atoms with Crippen molar-refractivity contribution in [3.63, 3.8) is 0 Å². The standard InChI is InChI=1S/C13H16O2/c1-4-15-13(14)11(3)10(2)12-8-6-5-7-9-12/h5-9,11H,2,4H2,1,3H3/t11-/m1/s1. The van der Waals surface area contributed by atoms with E-state index in [0.29, 0.717) is 6.61 Å². The molecule has 1 aromatic carbocycles. The number of rotatable bonds is 4. The monoisotopic (exact) mass is 204 g/mol. The number of ether oxygens (including phenoxy) is 1. The Morgan fingerprint density at radius 3 is 2.53 bits per heavy atom. The molecule has 1 atom stereocenters. The van der Waals surface area contributed by atoms with Crippen LogP contribution < -0.4 is 0 Å². The highest BCUT2D eigenvalue weighted by molar-refractivity contribution is 5.87. The van der Waals surface area contributed by atoms with Gasteiger partial charge in [0.15, 0.2) is 0 Å². The quantitative estimate of drug-likeness (QED) is 0.705. The third-order valence-electron chi connectivity index (χ3n) is 2.31. The van der Waals surface area contributed by atoms with Gasteiger partial charge in [-0.25, -0.2) is 0 Å². The minimum Gasteiger partial charge on any atom is -0.466 e. The summed E-state index contributed by atoms with van der Waals surface area (Å²) >= 11 is 0. The number of hydrogen-bond donors (Lipinski definition) is 0. The van der Waals surface area contributed by atoms with Crippen LogP contribution in [0.4, 0.5) is 0 Å². The second-order valence-electron chi connectivity index (χ2n) is 3.36. The van der Waals surface area contributed by atoms with E-state index in [0.717, 1.165) is 11.1 Å². The van der Waals surface area contributed by atoms with E-state index in [1.807, 2.05) is 37.3 Å². The summed E-state index contributed by atoms with van der Waals surface area (Å²) in [6, 6.07) is 9.68. The number of hydrogen-bond acceptors (Lipinski definition) is 2. The van der Waals surface area contributed by atoms with E-state index in [9.17, 15) is 4.79 Å².